The lowest BCUT2D eigenvalue weighted by molar-refractivity contribution is 0.00545. The van der Waals surface area contributed by atoms with E-state index in [1.165, 1.54) is 0 Å². The fourth-order valence-corrected chi connectivity index (χ4v) is 1.31. The summed E-state index contributed by atoms with van der Waals surface area (Å²) in [4.78, 5) is 0. The van der Waals surface area contributed by atoms with Crippen molar-refractivity contribution in [2.24, 2.45) is 0 Å². The van der Waals surface area contributed by atoms with Crippen LogP contribution in [0.4, 0.5) is 5.69 Å². The minimum atomic E-state index is -0.176. The van der Waals surface area contributed by atoms with E-state index in [1.54, 1.807) is 26.4 Å². The van der Waals surface area contributed by atoms with E-state index in [0.717, 1.165) is 6.42 Å². The fraction of sp³-hybridized carbons (Fsp3) is 0.538. The monoisotopic (exact) mass is 239 g/mol. The Morgan fingerprint density at radius 3 is 2.35 bits per heavy atom. The summed E-state index contributed by atoms with van der Waals surface area (Å²) in [6.07, 6.45) is 0.806. The Hall–Kier alpha value is -1.42. The van der Waals surface area contributed by atoms with Gasteiger partial charge in [0.1, 0.15) is 11.5 Å². The zero-order valence-corrected chi connectivity index (χ0v) is 10.9. The van der Waals surface area contributed by atoms with Gasteiger partial charge in [0.2, 0.25) is 0 Å². The van der Waals surface area contributed by atoms with Gasteiger partial charge in [-0.15, -0.1) is 0 Å². The smallest absolute Gasteiger partial charge is 0.125 e. The highest BCUT2D eigenvalue weighted by Crippen LogP contribution is 2.24. The van der Waals surface area contributed by atoms with Gasteiger partial charge in [0.15, 0.2) is 0 Å². The molecule has 0 radical (unpaired) electrons. The van der Waals surface area contributed by atoms with Gasteiger partial charge in [-0.3, -0.25) is 0 Å². The molecule has 0 aromatic heterocycles. The van der Waals surface area contributed by atoms with Crippen LogP contribution in [0.15, 0.2) is 18.2 Å². The zero-order chi connectivity index (χ0) is 12.9. The highest BCUT2D eigenvalue weighted by Gasteiger charge is 2.16. The molecule has 0 aliphatic rings. The molecule has 1 rings (SSSR count). The quantitative estimate of drug-likeness (QED) is 0.775. The van der Waals surface area contributed by atoms with Gasteiger partial charge in [-0.25, -0.2) is 0 Å². The van der Waals surface area contributed by atoms with E-state index in [1.807, 2.05) is 19.9 Å². The van der Waals surface area contributed by atoms with Crippen LogP contribution >= 0.6 is 0 Å². The minimum Gasteiger partial charge on any atom is -0.497 e. The number of benzene rings is 1. The van der Waals surface area contributed by atoms with Crippen LogP contribution in [0.1, 0.15) is 20.3 Å². The van der Waals surface area contributed by atoms with Gasteiger partial charge in [0, 0.05) is 37.4 Å². The van der Waals surface area contributed by atoms with Crippen molar-refractivity contribution in [3.63, 3.8) is 0 Å². The lowest BCUT2D eigenvalue weighted by Gasteiger charge is -2.22. The third kappa shape index (κ3) is 4.53. The molecule has 1 aromatic carbocycles. The van der Waals surface area contributed by atoms with E-state index >= 15 is 0 Å². The Kier molecular flexibility index (Phi) is 4.63. The Bertz CT molecular complexity index is 364. The van der Waals surface area contributed by atoms with Crippen molar-refractivity contribution in [1.82, 2.24) is 0 Å². The molecule has 0 bridgehead atoms. The van der Waals surface area contributed by atoms with Gasteiger partial charge in [0.25, 0.3) is 0 Å². The SMILES string of the molecule is COc1cc(N)cc(OCCC(C)(C)OC)c1. The Labute approximate surface area is 103 Å². The lowest BCUT2D eigenvalue weighted by atomic mass is 10.1. The van der Waals surface area contributed by atoms with Crippen LogP contribution < -0.4 is 15.2 Å². The molecule has 0 spiro atoms. The number of hydrogen-bond acceptors (Lipinski definition) is 4. The summed E-state index contributed by atoms with van der Waals surface area (Å²) in [6.45, 7) is 4.63. The number of hydrogen-bond donors (Lipinski definition) is 1. The topological polar surface area (TPSA) is 53.7 Å². The average molecular weight is 239 g/mol. The van der Waals surface area contributed by atoms with Crippen molar-refractivity contribution >= 4 is 5.69 Å². The average Bonchev–Trinajstić information content (AvgIpc) is 2.28. The summed E-state index contributed by atoms with van der Waals surface area (Å²) in [5, 5.41) is 0. The standard InChI is InChI=1S/C13H21NO3/c1-13(2,16-4)5-6-17-12-8-10(14)7-11(9-12)15-3/h7-9H,5-6,14H2,1-4H3. The number of rotatable bonds is 6. The Morgan fingerprint density at radius 2 is 1.76 bits per heavy atom. The zero-order valence-electron chi connectivity index (χ0n) is 10.9. The minimum absolute atomic E-state index is 0.176. The molecule has 0 saturated carbocycles. The third-order valence-electron chi connectivity index (χ3n) is 2.66. The van der Waals surface area contributed by atoms with Crippen LogP contribution in [-0.2, 0) is 4.74 Å². The predicted octanol–water partition coefficient (Wildman–Crippen LogP) is 2.47. The van der Waals surface area contributed by atoms with Crippen molar-refractivity contribution in [2.75, 3.05) is 26.6 Å². The van der Waals surface area contributed by atoms with E-state index in [0.29, 0.717) is 23.8 Å². The van der Waals surface area contributed by atoms with E-state index in [-0.39, 0.29) is 5.60 Å². The van der Waals surface area contributed by atoms with Crippen molar-refractivity contribution in [1.29, 1.82) is 0 Å². The van der Waals surface area contributed by atoms with E-state index < -0.39 is 0 Å². The van der Waals surface area contributed by atoms with Crippen LogP contribution in [-0.4, -0.2) is 26.4 Å². The number of methoxy groups -OCH3 is 2. The normalized spacial score (nSPS) is 11.3. The van der Waals surface area contributed by atoms with Crippen molar-refractivity contribution in [3.05, 3.63) is 18.2 Å². The molecular formula is C13H21NO3. The van der Waals surface area contributed by atoms with Crippen molar-refractivity contribution < 1.29 is 14.2 Å². The molecule has 0 fully saturated rings. The molecule has 4 nitrogen and oxygen atoms in total. The van der Waals surface area contributed by atoms with Gasteiger partial charge in [-0.1, -0.05) is 0 Å². The summed E-state index contributed by atoms with van der Waals surface area (Å²) >= 11 is 0. The largest absolute Gasteiger partial charge is 0.497 e. The second kappa shape index (κ2) is 5.77. The first kappa shape index (κ1) is 13.6. The molecule has 0 atom stereocenters. The van der Waals surface area contributed by atoms with Gasteiger partial charge in [-0.2, -0.15) is 0 Å². The second-order valence-electron chi connectivity index (χ2n) is 4.50. The molecule has 0 amide bonds. The molecule has 0 heterocycles. The number of nitrogen functional groups attached to an aromatic ring is 1. The molecule has 0 aliphatic heterocycles. The predicted molar refractivity (Wildman–Crippen MR) is 68.6 cm³/mol. The molecule has 4 heteroatoms. The van der Waals surface area contributed by atoms with Crippen LogP contribution in [0.3, 0.4) is 0 Å². The van der Waals surface area contributed by atoms with Gasteiger partial charge < -0.3 is 19.9 Å². The molecule has 96 valence electrons. The summed E-state index contributed by atoms with van der Waals surface area (Å²) in [6, 6.07) is 5.35. The van der Waals surface area contributed by atoms with E-state index in [9.17, 15) is 0 Å². The first-order valence-electron chi connectivity index (χ1n) is 5.59. The van der Waals surface area contributed by atoms with Crippen LogP contribution in [0.2, 0.25) is 0 Å². The van der Waals surface area contributed by atoms with Gasteiger partial charge in [0.05, 0.1) is 19.3 Å². The van der Waals surface area contributed by atoms with Gasteiger partial charge >= 0.3 is 0 Å². The highest BCUT2D eigenvalue weighted by atomic mass is 16.5. The molecule has 0 saturated heterocycles. The molecular weight excluding hydrogens is 218 g/mol. The molecule has 0 aliphatic carbocycles. The van der Waals surface area contributed by atoms with E-state index in [4.69, 9.17) is 19.9 Å². The number of nitrogens with two attached hydrogens (primary N) is 1. The molecule has 2 N–H and O–H groups in total. The maximum Gasteiger partial charge on any atom is 0.125 e. The van der Waals surface area contributed by atoms with Crippen molar-refractivity contribution in [2.45, 2.75) is 25.9 Å². The molecule has 17 heavy (non-hydrogen) atoms. The first-order valence-corrected chi connectivity index (χ1v) is 5.59. The maximum absolute atomic E-state index is 5.73. The first-order chi connectivity index (χ1) is 7.96. The summed E-state index contributed by atoms with van der Waals surface area (Å²) in [5.74, 6) is 1.42. The lowest BCUT2D eigenvalue weighted by Crippen LogP contribution is -2.25. The molecule has 0 unspecified atom stereocenters. The maximum atomic E-state index is 5.73. The Morgan fingerprint density at radius 1 is 1.12 bits per heavy atom. The third-order valence-corrected chi connectivity index (χ3v) is 2.66. The van der Waals surface area contributed by atoms with Crippen molar-refractivity contribution in [3.8, 4) is 11.5 Å². The summed E-state index contributed by atoms with van der Waals surface area (Å²) in [5.41, 5.74) is 6.19. The summed E-state index contributed by atoms with van der Waals surface area (Å²) < 4.78 is 16.1. The van der Waals surface area contributed by atoms with E-state index in [2.05, 4.69) is 0 Å². The van der Waals surface area contributed by atoms with Crippen LogP contribution in [0.25, 0.3) is 0 Å². The number of ether oxygens (including phenoxy) is 3. The van der Waals surface area contributed by atoms with Gasteiger partial charge in [-0.05, 0) is 13.8 Å². The number of anilines is 1. The second-order valence-corrected chi connectivity index (χ2v) is 4.50. The Balaban J connectivity index is 2.55. The molecule has 1 aromatic rings. The van der Waals surface area contributed by atoms with Crippen LogP contribution in [0, 0.1) is 0 Å². The fourth-order valence-electron chi connectivity index (χ4n) is 1.31. The van der Waals surface area contributed by atoms with Crippen LogP contribution in [0.5, 0.6) is 11.5 Å². The highest BCUT2D eigenvalue weighted by molar-refractivity contribution is 5.50. The summed E-state index contributed by atoms with van der Waals surface area (Å²) in [7, 11) is 3.30.